The Hall–Kier alpha value is -1.77. The van der Waals surface area contributed by atoms with Gasteiger partial charge in [0.15, 0.2) is 0 Å². The monoisotopic (exact) mass is 241 g/mol. The molecule has 1 atom stereocenters. The van der Waals surface area contributed by atoms with Crippen molar-refractivity contribution >= 4 is 12.0 Å². The molecular weight excluding hydrogens is 222 g/mol. The Kier molecular flexibility index (Phi) is 5.45. The lowest BCUT2D eigenvalue weighted by atomic mass is 10.2. The normalized spacial score (nSPS) is 12.2. The van der Waals surface area contributed by atoms with Crippen molar-refractivity contribution in [3.05, 3.63) is 0 Å². The van der Waals surface area contributed by atoms with Crippen LogP contribution in [0.15, 0.2) is 0 Å². The lowest BCUT2D eigenvalue weighted by Gasteiger charge is -2.23. The van der Waals surface area contributed by atoms with Gasteiger partial charge in [0.25, 0.3) is 0 Å². The van der Waals surface area contributed by atoms with Gasteiger partial charge in [0.1, 0.15) is 18.2 Å². The van der Waals surface area contributed by atoms with Crippen molar-refractivity contribution in [1.29, 1.82) is 5.26 Å². The summed E-state index contributed by atoms with van der Waals surface area (Å²) >= 11 is 0. The Labute approximate surface area is 102 Å². The molecule has 0 aliphatic heterocycles. The highest BCUT2D eigenvalue weighted by atomic mass is 16.6. The second kappa shape index (κ2) is 6.09. The molecule has 96 valence electrons. The zero-order chi connectivity index (χ0) is 13.6. The van der Waals surface area contributed by atoms with Gasteiger partial charge in [-0.15, -0.1) is 0 Å². The number of likely N-dealkylation sites (N-methyl/N-ethyl adjacent to an activating group) is 1. The maximum absolute atomic E-state index is 11.6. The number of rotatable bonds is 3. The predicted molar refractivity (Wildman–Crippen MR) is 62.1 cm³/mol. The molecule has 0 aliphatic carbocycles. The average Bonchev–Trinajstić information content (AvgIpc) is 2.13. The number of ether oxygens (including phenoxy) is 1. The van der Waals surface area contributed by atoms with Crippen molar-refractivity contribution in [2.24, 2.45) is 0 Å². The smallest absolute Gasteiger partial charge is 0.408 e. The summed E-state index contributed by atoms with van der Waals surface area (Å²) in [5, 5.41) is 10.9. The zero-order valence-corrected chi connectivity index (χ0v) is 10.9. The fourth-order valence-corrected chi connectivity index (χ4v) is 1.06. The molecule has 6 nitrogen and oxygen atoms in total. The van der Waals surface area contributed by atoms with Gasteiger partial charge < -0.3 is 15.0 Å². The molecular formula is C11H19N3O3. The number of nitrogens with one attached hydrogen (secondary N) is 1. The van der Waals surface area contributed by atoms with Gasteiger partial charge in [-0.1, -0.05) is 0 Å². The standard InChI is InChI=1S/C11H19N3O3/c1-8(9(15)14(5)7-6-12)13-10(16)17-11(2,3)4/h8H,7H2,1-5H3,(H,13,16)/t8-/m1/s1. The van der Waals surface area contributed by atoms with Crippen molar-refractivity contribution in [1.82, 2.24) is 10.2 Å². The molecule has 2 amide bonds. The Bertz CT molecular complexity index is 328. The molecule has 0 aliphatic rings. The maximum atomic E-state index is 11.6. The molecule has 1 N–H and O–H groups in total. The predicted octanol–water partition coefficient (Wildman–Crippen LogP) is 0.882. The van der Waals surface area contributed by atoms with Gasteiger partial charge in [-0.25, -0.2) is 4.79 Å². The summed E-state index contributed by atoms with van der Waals surface area (Å²) in [5.74, 6) is -0.336. The van der Waals surface area contributed by atoms with Crippen LogP contribution in [-0.2, 0) is 9.53 Å². The van der Waals surface area contributed by atoms with E-state index in [0.29, 0.717) is 0 Å². The zero-order valence-electron chi connectivity index (χ0n) is 10.9. The number of hydrogen-bond acceptors (Lipinski definition) is 4. The summed E-state index contributed by atoms with van der Waals surface area (Å²) in [6, 6.07) is 1.14. The molecule has 6 heteroatoms. The van der Waals surface area contributed by atoms with Gasteiger partial charge in [-0.05, 0) is 27.7 Å². The molecule has 0 unspecified atom stereocenters. The second-order valence-electron chi connectivity index (χ2n) is 4.72. The van der Waals surface area contributed by atoms with Crippen LogP contribution in [0.25, 0.3) is 0 Å². The first-order valence-electron chi connectivity index (χ1n) is 5.29. The van der Waals surface area contributed by atoms with Crippen molar-refractivity contribution in [3.63, 3.8) is 0 Å². The number of carbonyl (C=O) groups is 2. The minimum absolute atomic E-state index is 0.0147. The van der Waals surface area contributed by atoms with E-state index in [4.69, 9.17) is 10.00 Å². The van der Waals surface area contributed by atoms with E-state index in [0.717, 1.165) is 0 Å². The summed E-state index contributed by atoms with van der Waals surface area (Å²) in [5.41, 5.74) is -0.606. The van der Waals surface area contributed by atoms with E-state index in [2.05, 4.69) is 5.32 Å². The number of carbonyl (C=O) groups excluding carboxylic acids is 2. The first-order valence-corrected chi connectivity index (χ1v) is 5.29. The second-order valence-corrected chi connectivity index (χ2v) is 4.72. The molecule has 0 radical (unpaired) electrons. The lowest BCUT2D eigenvalue weighted by molar-refractivity contribution is -0.131. The number of hydrogen-bond donors (Lipinski definition) is 1. The Morgan fingerprint density at radius 3 is 2.41 bits per heavy atom. The maximum Gasteiger partial charge on any atom is 0.408 e. The highest BCUT2D eigenvalue weighted by Crippen LogP contribution is 2.06. The minimum Gasteiger partial charge on any atom is -0.444 e. The summed E-state index contributed by atoms with van der Waals surface area (Å²) < 4.78 is 5.01. The van der Waals surface area contributed by atoms with Crippen molar-refractivity contribution < 1.29 is 14.3 Å². The molecule has 0 aromatic carbocycles. The molecule has 0 saturated heterocycles. The minimum atomic E-state index is -0.719. The fraction of sp³-hybridized carbons (Fsp3) is 0.727. The summed E-state index contributed by atoms with van der Waals surface area (Å²) in [4.78, 5) is 24.3. The van der Waals surface area contributed by atoms with Gasteiger partial charge in [-0.2, -0.15) is 5.26 Å². The third kappa shape index (κ3) is 6.40. The van der Waals surface area contributed by atoms with E-state index in [1.54, 1.807) is 27.7 Å². The van der Waals surface area contributed by atoms with Crippen LogP contribution in [0.4, 0.5) is 4.79 Å². The third-order valence-electron chi connectivity index (χ3n) is 1.79. The van der Waals surface area contributed by atoms with Gasteiger partial charge in [0, 0.05) is 7.05 Å². The first-order chi connectivity index (χ1) is 7.67. The largest absolute Gasteiger partial charge is 0.444 e. The van der Waals surface area contributed by atoms with Crippen LogP contribution in [0, 0.1) is 11.3 Å². The summed E-state index contributed by atoms with van der Waals surface area (Å²) in [6.07, 6.45) is -0.649. The first kappa shape index (κ1) is 15.2. The lowest BCUT2D eigenvalue weighted by Crippen LogP contribution is -2.47. The van der Waals surface area contributed by atoms with E-state index >= 15 is 0 Å². The van der Waals surface area contributed by atoms with Gasteiger partial charge in [0.2, 0.25) is 5.91 Å². The highest BCUT2D eigenvalue weighted by Gasteiger charge is 2.22. The quantitative estimate of drug-likeness (QED) is 0.743. The Morgan fingerprint density at radius 1 is 1.47 bits per heavy atom. The highest BCUT2D eigenvalue weighted by molar-refractivity contribution is 5.85. The van der Waals surface area contributed by atoms with Gasteiger partial charge >= 0.3 is 6.09 Å². The van der Waals surface area contributed by atoms with Crippen LogP contribution in [0.3, 0.4) is 0 Å². The van der Waals surface area contributed by atoms with Crippen molar-refractivity contribution in [3.8, 4) is 6.07 Å². The van der Waals surface area contributed by atoms with Gasteiger partial charge in [-0.3, -0.25) is 4.79 Å². The molecule has 0 heterocycles. The third-order valence-corrected chi connectivity index (χ3v) is 1.79. The van der Waals surface area contributed by atoms with Crippen LogP contribution in [0.5, 0.6) is 0 Å². The van der Waals surface area contributed by atoms with E-state index < -0.39 is 17.7 Å². The molecule has 17 heavy (non-hydrogen) atoms. The van der Waals surface area contributed by atoms with Crippen molar-refractivity contribution in [2.75, 3.05) is 13.6 Å². The fourth-order valence-electron chi connectivity index (χ4n) is 1.06. The molecule has 0 spiro atoms. The van der Waals surface area contributed by atoms with Crippen molar-refractivity contribution in [2.45, 2.75) is 39.3 Å². The average molecular weight is 241 g/mol. The number of nitrogens with zero attached hydrogens (tertiary/aromatic N) is 2. The van der Waals surface area contributed by atoms with E-state index in [1.807, 2.05) is 6.07 Å². The van der Waals surface area contributed by atoms with E-state index in [-0.39, 0.29) is 12.5 Å². The molecule has 0 rings (SSSR count). The van der Waals surface area contributed by atoms with E-state index in [9.17, 15) is 9.59 Å². The summed E-state index contributed by atoms with van der Waals surface area (Å²) in [6.45, 7) is 6.74. The molecule has 0 aromatic heterocycles. The van der Waals surface area contributed by atoms with Crippen LogP contribution >= 0.6 is 0 Å². The number of amides is 2. The van der Waals surface area contributed by atoms with E-state index in [1.165, 1.54) is 11.9 Å². The Balaban J connectivity index is 4.27. The Morgan fingerprint density at radius 2 is 2.00 bits per heavy atom. The van der Waals surface area contributed by atoms with Crippen LogP contribution in [-0.4, -0.2) is 42.1 Å². The summed E-state index contributed by atoms with van der Waals surface area (Å²) in [7, 11) is 1.50. The molecule has 0 saturated carbocycles. The molecule has 0 fully saturated rings. The number of alkyl carbamates (subject to hydrolysis) is 1. The topological polar surface area (TPSA) is 82.4 Å². The SMILES string of the molecule is C[C@@H](NC(=O)OC(C)(C)C)C(=O)N(C)CC#N. The van der Waals surface area contributed by atoms with Crippen LogP contribution in [0.1, 0.15) is 27.7 Å². The van der Waals surface area contributed by atoms with Gasteiger partial charge in [0.05, 0.1) is 6.07 Å². The van der Waals surface area contributed by atoms with Crippen LogP contribution < -0.4 is 5.32 Å². The van der Waals surface area contributed by atoms with Crippen LogP contribution in [0.2, 0.25) is 0 Å². The molecule has 0 aromatic rings. The molecule has 0 bridgehead atoms. The number of nitriles is 1.